The van der Waals surface area contributed by atoms with Crippen LogP contribution in [-0.2, 0) is 6.42 Å². The average molecular weight is 446 g/mol. The lowest BCUT2D eigenvalue weighted by atomic mass is 10.2. The number of hydrogen-bond donors (Lipinski definition) is 1. The fraction of sp³-hybridized carbons (Fsp3) is 0.400. The van der Waals surface area contributed by atoms with Gasteiger partial charge in [0.25, 0.3) is 5.91 Å². The number of nitro groups is 1. The van der Waals surface area contributed by atoms with Crippen LogP contribution in [0.2, 0.25) is 0 Å². The second-order valence-corrected chi connectivity index (χ2v) is 9.20. The van der Waals surface area contributed by atoms with Crippen LogP contribution in [0, 0.1) is 10.1 Å². The van der Waals surface area contributed by atoms with E-state index in [-0.39, 0.29) is 10.9 Å². The maximum absolute atomic E-state index is 12.1. The van der Waals surface area contributed by atoms with E-state index in [4.69, 9.17) is 4.98 Å². The minimum absolute atomic E-state index is 0.0166. The first-order valence-electron chi connectivity index (χ1n) is 9.92. The molecule has 1 saturated heterocycles. The lowest BCUT2D eigenvalue weighted by Crippen LogP contribution is -2.48. The third-order valence-corrected chi connectivity index (χ3v) is 7.32. The Kier molecular flexibility index (Phi) is 6.26. The molecule has 1 amide bonds. The number of thiophene rings is 1. The largest absolute Gasteiger partial charge is 0.350 e. The summed E-state index contributed by atoms with van der Waals surface area (Å²) in [6.45, 7) is 7.08. The van der Waals surface area contributed by atoms with Gasteiger partial charge >= 0.3 is 5.00 Å². The predicted molar refractivity (Wildman–Crippen MR) is 121 cm³/mol. The zero-order valence-electron chi connectivity index (χ0n) is 16.7. The zero-order chi connectivity index (χ0) is 21.1. The van der Waals surface area contributed by atoms with E-state index in [1.807, 2.05) is 0 Å². The summed E-state index contributed by atoms with van der Waals surface area (Å²) < 4.78 is 1.24. The van der Waals surface area contributed by atoms with Crippen molar-refractivity contribution in [2.24, 2.45) is 0 Å². The van der Waals surface area contributed by atoms with Crippen LogP contribution in [0.25, 0.3) is 10.2 Å². The lowest BCUT2D eigenvalue weighted by molar-refractivity contribution is -0.380. The number of rotatable bonds is 7. The molecule has 0 aliphatic carbocycles. The number of fused-ring (bicyclic) bond motifs is 1. The molecule has 1 N–H and O–H groups in total. The number of aromatic nitrogens is 1. The Balaban J connectivity index is 1.24. The van der Waals surface area contributed by atoms with E-state index in [2.05, 4.69) is 40.2 Å². The highest BCUT2D eigenvalue weighted by atomic mass is 32.1. The smallest absolute Gasteiger partial charge is 0.324 e. The number of hydrogen-bond acceptors (Lipinski definition) is 8. The SMILES string of the molecule is CCc1ccc2nc(N3CCN(CCNC(=O)c4ccc([N+](=O)[O-])s4)CC3)sc2c1. The topological polar surface area (TPSA) is 91.6 Å². The van der Waals surface area contributed by atoms with Gasteiger partial charge in [0, 0.05) is 45.3 Å². The summed E-state index contributed by atoms with van der Waals surface area (Å²) in [6.07, 6.45) is 1.03. The van der Waals surface area contributed by atoms with Crippen LogP contribution < -0.4 is 10.2 Å². The Hall–Kier alpha value is -2.56. The number of amides is 1. The van der Waals surface area contributed by atoms with Gasteiger partial charge in [-0.05, 0) is 30.2 Å². The molecule has 0 radical (unpaired) electrons. The van der Waals surface area contributed by atoms with Gasteiger partial charge in [0.1, 0.15) is 0 Å². The number of aryl methyl sites for hydroxylation is 1. The molecule has 0 atom stereocenters. The van der Waals surface area contributed by atoms with Crippen molar-refractivity contribution in [1.29, 1.82) is 0 Å². The van der Waals surface area contributed by atoms with Gasteiger partial charge in [0.2, 0.25) is 0 Å². The van der Waals surface area contributed by atoms with Gasteiger partial charge in [-0.1, -0.05) is 35.7 Å². The maximum Gasteiger partial charge on any atom is 0.324 e. The Morgan fingerprint density at radius 1 is 1.20 bits per heavy atom. The number of benzene rings is 1. The van der Waals surface area contributed by atoms with E-state index >= 15 is 0 Å². The van der Waals surface area contributed by atoms with Crippen LogP contribution in [-0.4, -0.2) is 60.0 Å². The maximum atomic E-state index is 12.1. The molecule has 0 unspecified atom stereocenters. The summed E-state index contributed by atoms with van der Waals surface area (Å²) in [6, 6.07) is 9.35. The van der Waals surface area contributed by atoms with Gasteiger partial charge in [0.15, 0.2) is 5.13 Å². The monoisotopic (exact) mass is 445 g/mol. The number of thiazole rings is 1. The van der Waals surface area contributed by atoms with Gasteiger partial charge in [-0.3, -0.25) is 19.8 Å². The molecular formula is C20H23N5O3S2. The van der Waals surface area contributed by atoms with Crippen molar-refractivity contribution in [3.05, 3.63) is 50.9 Å². The van der Waals surface area contributed by atoms with Crippen LogP contribution in [0.5, 0.6) is 0 Å². The Morgan fingerprint density at radius 3 is 2.70 bits per heavy atom. The number of carbonyl (C=O) groups excluding carboxylic acids is 1. The van der Waals surface area contributed by atoms with Crippen LogP contribution in [0.15, 0.2) is 30.3 Å². The molecule has 158 valence electrons. The van der Waals surface area contributed by atoms with E-state index in [1.165, 1.54) is 22.4 Å². The second kappa shape index (κ2) is 9.07. The molecule has 4 rings (SSSR count). The highest BCUT2D eigenvalue weighted by Crippen LogP contribution is 2.30. The molecule has 3 heterocycles. The van der Waals surface area contributed by atoms with Gasteiger partial charge in [-0.15, -0.1) is 0 Å². The summed E-state index contributed by atoms with van der Waals surface area (Å²) >= 11 is 2.65. The molecule has 1 aliphatic heterocycles. The molecule has 0 spiro atoms. The molecule has 30 heavy (non-hydrogen) atoms. The summed E-state index contributed by atoms with van der Waals surface area (Å²) in [5.41, 5.74) is 2.40. The summed E-state index contributed by atoms with van der Waals surface area (Å²) in [5.74, 6) is -0.257. The molecular weight excluding hydrogens is 422 g/mol. The number of piperazine rings is 1. The minimum Gasteiger partial charge on any atom is -0.350 e. The average Bonchev–Trinajstić information content (AvgIpc) is 3.41. The molecule has 0 bridgehead atoms. The van der Waals surface area contributed by atoms with Gasteiger partial charge in [0.05, 0.1) is 20.0 Å². The quantitative estimate of drug-likeness (QED) is 0.443. The van der Waals surface area contributed by atoms with Gasteiger partial charge in [-0.25, -0.2) is 4.98 Å². The fourth-order valence-electron chi connectivity index (χ4n) is 3.44. The minimum atomic E-state index is -0.477. The Bertz CT molecular complexity index is 1060. The molecule has 2 aromatic heterocycles. The second-order valence-electron chi connectivity index (χ2n) is 7.13. The summed E-state index contributed by atoms with van der Waals surface area (Å²) in [4.78, 5) is 32.2. The molecule has 0 saturated carbocycles. The van der Waals surface area contributed by atoms with E-state index in [0.717, 1.165) is 61.1 Å². The van der Waals surface area contributed by atoms with Crippen molar-refractivity contribution >= 4 is 48.9 Å². The molecule has 3 aromatic rings. The normalized spacial score (nSPS) is 14.9. The van der Waals surface area contributed by atoms with Gasteiger partial charge in [-0.2, -0.15) is 0 Å². The molecule has 1 aromatic carbocycles. The van der Waals surface area contributed by atoms with E-state index in [1.54, 1.807) is 11.3 Å². The van der Waals surface area contributed by atoms with Crippen molar-refractivity contribution in [1.82, 2.24) is 15.2 Å². The first-order chi connectivity index (χ1) is 14.5. The molecule has 1 fully saturated rings. The standard InChI is InChI=1S/C20H23N5O3S2/c1-2-14-3-4-15-17(13-14)30-20(22-15)24-11-9-23(10-12-24)8-7-21-19(26)16-5-6-18(29-16)25(27)28/h3-6,13H,2,7-12H2,1H3,(H,21,26). The van der Waals surface area contributed by atoms with Crippen LogP contribution in [0.4, 0.5) is 10.1 Å². The number of anilines is 1. The first-order valence-corrected chi connectivity index (χ1v) is 11.6. The van der Waals surface area contributed by atoms with Crippen LogP contribution in [0.1, 0.15) is 22.2 Å². The zero-order valence-corrected chi connectivity index (χ0v) is 18.3. The number of nitrogens with one attached hydrogen (secondary N) is 1. The third kappa shape index (κ3) is 4.61. The molecule has 10 heteroatoms. The van der Waals surface area contributed by atoms with E-state index in [9.17, 15) is 14.9 Å². The highest BCUT2D eigenvalue weighted by molar-refractivity contribution is 7.22. The van der Waals surface area contributed by atoms with Crippen LogP contribution in [0.3, 0.4) is 0 Å². The van der Waals surface area contributed by atoms with E-state index in [0.29, 0.717) is 11.4 Å². The van der Waals surface area contributed by atoms with E-state index < -0.39 is 4.92 Å². The lowest BCUT2D eigenvalue weighted by Gasteiger charge is -2.34. The van der Waals surface area contributed by atoms with Crippen molar-refractivity contribution in [3.8, 4) is 0 Å². The molecule has 1 aliphatic rings. The predicted octanol–water partition coefficient (Wildman–Crippen LogP) is 3.38. The van der Waals surface area contributed by atoms with Crippen molar-refractivity contribution in [2.45, 2.75) is 13.3 Å². The molecule has 8 nitrogen and oxygen atoms in total. The van der Waals surface area contributed by atoms with Crippen molar-refractivity contribution < 1.29 is 9.72 Å². The third-order valence-electron chi connectivity index (χ3n) is 5.20. The Labute approximate surface area is 182 Å². The van der Waals surface area contributed by atoms with Crippen molar-refractivity contribution in [3.63, 3.8) is 0 Å². The summed E-state index contributed by atoms with van der Waals surface area (Å²) in [7, 11) is 0. The highest BCUT2D eigenvalue weighted by Gasteiger charge is 2.20. The summed E-state index contributed by atoms with van der Waals surface area (Å²) in [5, 5.41) is 14.6. The number of carbonyl (C=O) groups is 1. The Morgan fingerprint density at radius 2 is 2.00 bits per heavy atom. The van der Waals surface area contributed by atoms with Crippen molar-refractivity contribution in [2.75, 3.05) is 44.2 Å². The number of nitrogens with zero attached hydrogens (tertiary/aromatic N) is 4. The first kappa shape index (κ1) is 20.7. The fourth-order valence-corrected chi connectivity index (χ4v) is 5.26. The van der Waals surface area contributed by atoms with Crippen LogP contribution >= 0.6 is 22.7 Å². The van der Waals surface area contributed by atoms with Gasteiger partial charge < -0.3 is 10.2 Å².